The first-order valence-electron chi connectivity index (χ1n) is 13.5. The summed E-state index contributed by atoms with van der Waals surface area (Å²) >= 11 is -1.98. The third-order valence-corrected chi connectivity index (χ3v) is 9.65. The van der Waals surface area contributed by atoms with Crippen molar-refractivity contribution in [1.29, 1.82) is 0 Å². The highest BCUT2D eigenvalue weighted by molar-refractivity contribution is 7.76. The molecule has 1 aliphatic heterocycles. The Hall–Kier alpha value is -3.23. The lowest BCUT2D eigenvalue weighted by atomic mass is 10.0. The second kappa shape index (κ2) is 12.3. The van der Waals surface area contributed by atoms with Gasteiger partial charge in [0.05, 0.1) is 18.2 Å². The van der Waals surface area contributed by atoms with E-state index in [4.69, 9.17) is 14.6 Å². The van der Waals surface area contributed by atoms with Gasteiger partial charge >= 0.3 is 0 Å². The second-order valence-electron chi connectivity index (χ2n) is 11.2. The highest BCUT2D eigenvalue weighted by atomic mass is 32.2. The van der Waals surface area contributed by atoms with Gasteiger partial charge in [0.1, 0.15) is 24.0 Å². The molecule has 10 nitrogen and oxygen atoms in total. The van der Waals surface area contributed by atoms with Gasteiger partial charge in [0.15, 0.2) is 0 Å². The maximum Gasteiger partial charge on any atom is 0.234 e. The number of ether oxygens (including phenoxy) is 2. The summed E-state index contributed by atoms with van der Waals surface area (Å²) in [6.07, 6.45) is 3.12. The molecule has 13 heteroatoms. The lowest BCUT2D eigenvalue weighted by Gasteiger charge is -2.33. The van der Waals surface area contributed by atoms with Gasteiger partial charge < -0.3 is 14.4 Å². The molecule has 0 radical (unpaired) electrons. The van der Waals surface area contributed by atoms with E-state index in [0.717, 1.165) is 34.0 Å². The third-order valence-electron chi connectivity index (χ3n) is 7.14. The van der Waals surface area contributed by atoms with Crippen molar-refractivity contribution in [3.05, 3.63) is 54.7 Å². The molecular formula is C28H35FN6O4SSi. The molecule has 1 saturated heterocycles. The van der Waals surface area contributed by atoms with Gasteiger partial charge in [0.25, 0.3) is 0 Å². The number of rotatable bonds is 10. The number of methoxy groups -OCH3 is 1. The Morgan fingerprint density at radius 3 is 2.49 bits per heavy atom. The summed E-state index contributed by atoms with van der Waals surface area (Å²) < 4.78 is 50.6. The van der Waals surface area contributed by atoms with Crippen molar-refractivity contribution in [1.82, 2.24) is 24.1 Å². The molecule has 0 spiro atoms. The van der Waals surface area contributed by atoms with Crippen molar-refractivity contribution in [2.24, 2.45) is 0 Å². The summed E-state index contributed by atoms with van der Waals surface area (Å²) in [5.41, 5.74) is 3.35. The predicted octanol–water partition coefficient (Wildman–Crippen LogP) is 4.88. The zero-order valence-electron chi connectivity index (χ0n) is 23.7. The molecule has 0 saturated carbocycles. The minimum absolute atomic E-state index is 0.288. The second-order valence-corrected chi connectivity index (χ2v) is 17.8. The van der Waals surface area contributed by atoms with Crippen molar-refractivity contribution in [2.75, 3.05) is 44.8 Å². The first kappa shape index (κ1) is 29.3. The Bertz CT molecular complexity index is 1550. The van der Waals surface area contributed by atoms with Gasteiger partial charge in [-0.1, -0.05) is 25.7 Å². The van der Waals surface area contributed by atoms with Crippen molar-refractivity contribution in [2.45, 2.75) is 32.4 Å². The molecule has 5 rings (SSSR count). The molecule has 41 heavy (non-hydrogen) atoms. The van der Waals surface area contributed by atoms with Gasteiger partial charge in [-0.2, -0.15) is 13.8 Å². The number of hydrogen-bond acceptors (Lipinski definition) is 7. The van der Waals surface area contributed by atoms with E-state index in [-0.39, 0.29) is 5.56 Å². The molecular weight excluding hydrogens is 563 g/mol. The molecule has 1 aromatic carbocycles. The lowest BCUT2D eigenvalue weighted by Crippen LogP contribution is -2.47. The van der Waals surface area contributed by atoms with Crippen LogP contribution in [0.1, 0.15) is 0 Å². The van der Waals surface area contributed by atoms with E-state index in [1.807, 2.05) is 35.0 Å². The smallest absolute Gasteiger partial charge is 0.234 e. The van der Waals surface area contributed by atoms with Crippen LogP contribution in [0.25, 0.3) is 33.3 Å². The molecule has 1 atom stereocenters. The zero-order valence-corrected chi connectivity index (χ0v) is 25.5. The molecule has 1 fully saturated rings. The Balaban J connectivity index is 1.53. The number of aromatic nitrogens is 4. The number of nitrogens with zero attached hydrogens (tertiary/aromatic N) is 6. The molecule has 1 aliphatic rings. The van der Waals surface area contributed by atoms with Crippen LogP contribution in [0.5, 0.6) is 5.75 Å². The van der Waals surface area contributed by atoms with Crippen molar-refractivity contribution < 1.29 is 22.6 Å². The maximum absolute atomic E-state index is 14.9. The summed E-state index contributed by atoms with van der Waals surface area (Å²) in [6, 6.07) is 12.2. The number of pyridine rings is 2. The van der Waals surface area contributed by atoms with E-state index in [1.165, 1.54) is 17.6 Å². The molecule has 0 amide bonds. The summed E-state index contributed by atoms with van der Waals surface area (Å²) in [6.45, 7) is 9.97. The minimum atomic E-state index is -1.98. The molecule has 218 valence electrons. The highest BCUT2D eigenvalue weighted by Gasteiger charge is 2.23. The van der Waals surface area contributed by atoms with Crippen LogP contribution < -0.4 is 9.64 Å². The van der Waals surface area contributed by atoms with Gasteiger partial charge in [0.2, 0.25) is 17.2 Å². The third kappa shape index (κ3) is 6.65. The summed E-state index contributed by atoms with van der Waals surface area (Å²) in [7, 11) is 0.266. The molecule has 0 bridgehead atoms. The van der Waals surface area contributed by atoms with Crippen molar-refractivity contribution in [3.63, 3.8) is 0 Å². The Morgan fingerprint density at radius 2 is 1.78 bits per heavy atom. The van der Waals surface area contributed by atoms with Crippen LogP contribution in [-0.2, 0) is 22.7 Å². The van der Waals surface area contributed by atoms with E-state index < -0.39 is 25.3 Å². The number of hydrogen-bond donors (Lipinski definition) is 1. The van der Waals surface area contributed by atoms with Gasteiger partial charge in [-0.3, -0.25) is 4.55 Å². The summed E-state index contributed by atoms with van der Waals surface area (Å²) in [5, 5.41) is 5.78. The average Bonchev–Trinajstić information content (AvgIpc) is 3.32. The van der Waals surface area contributed by atoms with Gasteiger partial charge in [-0.15, -0.1) is 0 Å². The van der Waals surface area contributed by atoms with Crippen LogP contribution in [0.15, 0.2) is 48.8 Å². The fraction of sp³-hybridized carbons (Fsp3) is 0.393. The topological polar surface area (TPSA) is 106 Å². The summed E-state index contributed by atoms with van der Waals surface area (Å²) in [5.74, 6) is 0.548. The van der Waals surface area contributed by atoms with Crippen LogP contribution in [0.2, 0.25) is 25.7 Å². The highest BCUT2D eigenvalue weighted by Crippen LogP contribution is 2.37. The number of halogens is 1. The molecule has 0 aliphatic carbocycles. The van der Waals surface area contributed by atoms with Crippen molar-refractivity contribution >= 4 is 36.1 Å². The zero-order chi connectivity index (χ0) is 29.1. The molecule has 1 N–H and O–H groups in total. The van der Waals surface area contributed by atoms with E-state index >= 15 is 0 Å². The van der Waals surface area contributed by atoms with E-state index in [0.29, 0.717) is 50.8 Å². The molecule has 4 aromatic rings. The van der Waals surface area contributed by atoms with Crippen LogP contribution in [0.3, 0.4) is 0 Å². The maximum atomic E-state index is 14.9. The Kier molecular flexibility index (Phi) is 8.80. The fourth-order valence-corrected chi connectivity index (χ4v) is 6.07. The largest absolute Gasteiger partial charge is 0.496 e. The fourth-order valence-electron chi connectivity index (χ4n) is 4.84. The standard InChI is InChI=1S/C28H35FN6O4SSi/c1-38-24-8-10-31-28(29)26(24)20-5-6-23-22(17-20)27(32-35(23)19-39-15-16-41(2,3)4)21-7-9-30-25(18-21)33-11-13-34(14-12-33)40(36)37/h5-10,17-18H,11-16,19H2,1-4H3,(H,36,37). The van der Waals surface area contributed by atoms with Gasteiger partial charge in [0, 0.05) is 64.2 Å². The number of piperazine rings is 1. The van der Waals surface area contributed by atoms with Crippen LogP contribution in [0.4, 0.5) is 10.2 Å². The molecule has 1 unspecified atom stereocenters. The van der Waals surface area contributed by atoms with Gasteiger partial charge in [-0.05, 0) is 41.9 Å². The van der Waals surface area contributed by atoms with E-state index in [9.17, 15) is 13.2 Å². The minimum Gasteiger partial charge on any atom is -0.496 e. The van der Waals surface area contributed by atoms with Crippen LogP contribution in [-0.4, -0.2) is 80.8 Å². The first-order chi connectivity index (χ1) is 19.6. The quantitative estimate of drug-likeness (QED) is 0.119. The number of anilines is 1. The summed E-state index contributed by atoms with van der Waals surface area (Å²) in [4.78, 5) is 10.5. The number of fused-ring (bicyclic) bond motifs is 1. The normalized spacial score (nSPS) is 15.4. The SMILES string of the molecule is COc1ccnc(F)c1-c1ccc2c(c1)c(-c1ccnc(N3CCN(S(=O)O)CC3)c1)nn2COCC[Si](C)(C)C. The molecule has 3 aromatic heterocycles. The lowest BCUT2D eigenvalue weighted by molar-refractivity contribution is 0.0818. The van der Waals surface area contributed by atoms with E-state index in [1.54, 1.807) is 12.3 Å². The number of benzene rings is 1. The Labute approximate surface area is 242 Å². The van der Waals surface area contributed by atoms with Crippen LogP contribution in [0, 0.1) is 5.95 Å². The Morgan fingerprint density at radius 1 is 1.02 bits per heavy atom. The monoisotopic (exact) mass is 598 g/mol. The average molecular weight is 599 g/mol. The first-order valence-corrected chi connectivity index (χ1v) is 18.3. The van der Waals surface area contributed by atoms with E-state index in [2.05, 4.69) is 34.5 Å². The molecule has 4 heterocycles. The van der Waals surface area contributed by atoms with Gasteiger partial charge in [-0.25, -0.2) is 18.9 Å². The predicted molar refractivity (Wildman–Crippen MR) is 161 cm³/mol. The van der Waals surface area contributed by atoms with Crippen molar-refractivity contribution in [3.8, 4) is 28.1 Å². The van der Waals surface area contributed by atoms with Crippen LogP contribution >= 0.6 is 0 Å².